The largest absolute Gasteiger partial charge is 0.382 e. The second kappa shape index (κ2) is 4.57. The predicted molar refractivity (Wildman–Crippen MR) is 71.9 cm³/mol. The van der Waals surface area contributed by atoms with Crippen molar-refractivity contribution in [1.82, 2.24) is 19.5 Å². The smallest absolute Gasteiger partial charge is 0.274 e. The van der Waals surface area contributed by atoms with Crippen LogP contribution < -0.4 is 5.73 Å². The molecule has 0 spiro atoms. The van der Waals surface area contributed by atoms with Crippen molar-refractivity contribution >= 4 is 22.7 Å². The third-order valence-electron chi connectivity index (χ3n) is 2.96. The van der Waals surface area contributed by atoms with Gasteiger partial charge in [0.05, 0.1) is 17.8 Å². The van der Waals surface area contributed by atoms with Gasteiger partial charge in [0, 0.05) is 11.6 Å². The van der Waals surface area contributed by atoms with Crippen LogP contribution in [-0.4, -0.2) is 24.4 Å². The van der Waals surface area contributed by atoms with Gasteiger partial charge in [0.2, 0.25) is 0 Å². The summed E-state index contributed by atoms with van der Waals surface area (Å²) < 4.78 is 1.70. The predicted octanol–water partition coefficient (Wildman–Crippen LogP) is 1.36. The molecule has 3 rings (SSSR count). The van der Waals surface area contributed by atoms with Crippen molar-refractivity contribution < 1.29 is 4.92 Å². The van der Waals surface area contributed by atoms with E-state index in [1.807, 2.05) is 0 Å². The van der Waals surface area contributed by atoms with Crippen LogP contribution in [-0.2, 0) is 6.54 Å². The Labute approximate surface area is 113 Å². The Morgan fingerprint density at radius 3 is 2.85 bits per heavy atom. The summed E-state index contributed by atoms with van der Waals surface area (Å²) >= 11 is 0. The molecular formula is C12H10N6O2. The molecule has 3 aromatic rings. The maximum absolute atomic E-state index is 11.0. The molecule has 100 valence electrons. The van der Waals surface area contributed by atoms with Gasteiger partial charge in [-0.05, 0) is 0 Å². The summed E-state index contributed by atoms with van der Waals surface area (Å²) in [4.78, 5) is 22.7. The van der Waals surface area contributed by atoms with Crippen LogP contribution in [0.15, 0.2) is 36.9 Å². The van der Waals surface area contributed by atoms with Gasteiger partial charge < -0.3 is 10.3 Å². The van der Waals surface area contributed by atoms with Crippen molar-refractivity contribution in [1.29, 1.82) is 0 Å². The summed E-state index contributed by atoms with van der Waals surface area (Å²) in [6.07, 6.45) is 2.89. The number of hydrogen-bond acceptors (Lipinski definition) is 6. The first-order valence-electron chi connectivity index (χ1n) is 5.80. The molecule has 0 bridgehead atoms. The maximum Gasteiger partial charge on any atom is 0.274 e. The van der Waals surface area contributed by atoms with Gasteiger partial charge in [0.1, 0.15) is 11.8 Å². The lowest BCUT2D eigenvalue weighted by Crippen LogP contribution is -2.03. The number of nitrogen functional groups attached to an aromatic ring is 1. The average Bonchev–Trinajstić information content (AvgIpc) is 2.84. The number of hydrogen-bond donors (Lipinski definition) is 1. The summed E-state index contributed by atoms with van der Waals surface area (Å²) in [7, 11) is 0. The normalized spacial score (nSPS) is 10.8. The molecule has 0 aliphatic carbocycles. The minimum Gasteiger partial charge on any atom is -0.382 e. The SMILES string of the molecule is Nc1ncnc2c1ncn2Cc1ccccc1[N+](=O)[O-]. The topological polar surface area (TPSA) is 113 Å². The van der Waals surface area contributed by atoms with Crippen LogP contribution in [0.3, 0.4) is 0 Å². The van der Waals surface area contributed by atoms with Crippen LogP contribution in [0.1, 0.15) is 5.56 Å². The zero-order chi connectivity index (χ0) is 14.1. The van der Waals surface area contributed by atoms with Crippen LogP contribution in [0.25, 0.3) is 11.2 Å². The van der Waals surface area contributed by atoms with Gasteiger partial charge in [-0.25, -0.2) is 15.0 Å². The molecule has 0 unspecified atom stereocenters. The van der Waals surface area contributed by atoms with Crippen molar-refractivity contribution in [2.75, 3.05) is 5.73 Å². The fraction of sp³-hybridized carbons (Fsp3) is 0.0833. The van der Waals surface area contributed by atoms with Gasteiger partial charge in [0.15, 0.2) is 11.5 Å². The molecule has 8 heteroatoms. The number of benzene rings is 1. The lowest BCUT2D eigenvalue weighted by Gasteiger charge is -2.04. The van der Waals surface area contributed by atoms with E-state index in [4.69, 9.17) is 5.73 Å². The molecule has 0 saturated carbocycles. The third-order valence-corrected chi connectivity index (χ3v) is 2.96. The number of para-hydroxylation sites is 1. The molecule has 0 saturated heterocycles. The van der Waals surface area contributed by atoms with Crippen LogP contribution in [0, 0.1) is 10.1 Å². The first kappa shape index (κ1) is 12.0. The quantitative estimate of drug-likeness (QED) is 0.568. The van der Waals surface area contributed by atoms with Crippen LogP contribution >= 0.6 is 0 Å². The Kier molecular flexibility index (Phi) is 2.75. The van der Waals surface area contributed by atoms with Gasteiger partial charge in [-0.3, -0.25) is 10.1 Å². The highest BCUT2D eigenvalue weighted by Crippen LogP contribution is 2.21. The number of anilines is 1. The molecular weight excluding hydrogens is 260 g/mol. The number of imidazole rings is 1. The summed E-state index contributed by atoms with van der Waals surface area (Å²) in [6.45, 7) is 0.296. The minimum absolute atomic E-state index is 0.0661. The Morgan fingerprint density at radius 2 is 2.05 bits per heavy atom. The van der Waals surface area contributed by atoms with Gasteiger partial charge >= 0.3 is 0 Å². The monoisotopic (exact) mass is 270 g/mol. The molecule has 0 aliphatic heterocycles. The highest BCUT2D eigenvalue weighted by atomic mass is 16.6. The zero-order valence-corrected chi connectivity index (χ0v) is 10.3. The fourth-order valence-electron chi connectivity index (χ4n) is 2.02. The van der Waals surface area contributed by atoms with E-state index in [1.165, 1.54) is 12.4 Å². The summed E-state index contributed by atoms with van der Waals surface area (Å²) in [5.41, 5.74) is 7.39. The van der Waals surface area contributed by atoms with Crippen molar-refractivity contribution in [3.63, 3.8) is 0 Å². The highest BCUT2D eigenvalue weighted by Gasteiger charge is 2.15. The summed E-state index contributed by atoms with van der Waals surface area (Å²) in [6, 6.07) is 6.56. The number of fused-ring (bicyclic) bond motifs is 1. The third kappa shape index (κ3) is 1.92. The molecule has 0 amide bonds. The Morgan fingerprint density at radius 1 is 1.25 bits per heavy atom. The first-order valence-corrected chi connectivity index (χ1v) is 5.80. The van der Waals surface area contributed by atoms with E-state index in [1.54, 1.807) is 29.1 Å². The molecule has 0 fully saturated rings. The second-order valence-electron chi connectivity index (χ2n) is 4.19. The lowest BCUT2D eigenvalue weighted by molar-refractivity contribution is -0.385. The van der Waals surface area contributed by atoms with Gasteiger partial charge in [-0.2, -0.15) is 0 Å². The molecule has 0 atom stereocenters. The molecule has 2 heterocycles. The number of aromatic nitrogens is 4. The van der Waals surface area contributed by atoms with E-state index in [2.05, 4.69) is 15.0 Å². The van der Waals surface area contributed by atoms with Crippen LogP contribution in [0.5, 0.6) is 0 Å². The zero-order valence-electron chi connectivity index (χ0n) is 10.3. The Balaban J connectivity index is 2.06. The van der Waals surface area contributed by atoms with Gasteiger partial charge in [-0.15, -0.1) is 0 Å². The van der Waals surface area contributed by atoms with E-state index in [-0.39, 0.29) is 11.5 Å². The van der Waals surface area contributed by atoms with Crippen molar-refractivity contribution in [3.8, 4) is 0 Å². The Bertz CT molecular complexity index is 797. The number of nitro benzene ring substituents is 1. The standard InChI is InChI=1S/C12H10N6O2/c13-11-10-12(15-6-14-11)17(7-16-10)5-8-3-1-2-4-9(8)18(19)20/h1-4,6-7H,5H2,(H2,13,14,15). The number of nitrogens with two attached hydrogens (primary N) is 1. The van der Waals surface area contributed by atoms with Crippen LogP contribution in [0.4, 0.5) is 11.5 Å². The van der Waals surface area contributed by atoms with Gasteiger partial charge in [-0.1, -0.05) is 18.2 Å². The van der Waals surface area contributed by atoms with Crippen molar-refractivity contribution in [2.45, 2.75) is 6.54 Å². The maximum atomic E-state index is 11.0. The number of nitrogens with zero attached hydrogens (tertiary/aromatic N) is 5. The molecule has 0 aliphatic rings. The summed E-state index contributed by atoms with van der Waals surface area (Å²) in [5.74, 6) is 0.288. The second-order valence-corrected chi connectivity index (χ2v) is 4.19. The average molecular weight is 270 g/mol. The first-order chi connectivity index (χ1) is 9.66. The van der Waals surface area contributed by atoms with E-state index < -0.39 is 4.92 Å². The number of nitro groups is 1. The van der Waals surface area contributed by atoms with E-state index in [9.17, 15) is 10.1 Å². The van der Waals surface area contributed by atoms with E-state index in [0.29, 0.717) is 23.3 Å². The Hall–Kier alpha value is -3.03. The van der Waals surface area contributed by atoms with Gasteiger partial charge in [0.25, 0.3) is 5.69 Å². The van der Waals surface area contributed by atoms with Crippen molar-refractivity contribution in [3.05, 3.63) is 52.6 Å². The molecule has 2 aromatic heterocycles. The minimum atomic E-state index is -0.405. The summed E-state index contributed by atoms with van der Waals surface area (Å²) in [5, 5.41) is 11.0. The molecule has 1 aromatic carbocycles. The lowest BCUT2D eigenvalue weighted by atomic mass is 10.2. The van der Waals surface area contributed by atoms with E-state index in [0.717, 1.165) is 0 Å². The fourth-order valence-corrected chi connectivity index (χ4v) is 2.02. The molecule has 8 nitrogen and oxygen atoms in total. The van der Waals surface area contributed by atoms with Crippen LogP contribution in [0.2, 0.25) is 0 Å². The highest BCUT2D eigenvalue weighted by molar-refractivity contribution is 5.81. The van der Waals surface area contributed by atoms with E-state index >= 15 is 0 Å². The van der Waals surface area contributed by atoms with Crippen molar-refractivity contribution in [2.24, 2.45) is 0 Å². The molecule has 0 radical (unpaired) electrons. The molecule has 2 N–H and O–H groups in total. The number of rotatable bonds is 3. The molecule has 20 heavy (non-hydrogen) atoms.